The molecule has 1 atom stereocenters. The van der Waals surface area contributed by atoms with Crippen LogP contribution in [0.15, 0.2) is 0 Å². The zero-order valence-corrected chi connectivity index (χ0v) is 7.80. The van der Waals surface area contributed by atoms with E-state index >= 15 is 0 Å². The van der Waals surface area contributed by atoms with Crippen molar-refractivity contribution in [2.75, 3.05) is 6.61 Å². The Morgan fingerprint density at radius 2 is 1.64 bits per heavy atom. The summed E-state index contributed by atoms with van der Waals surface area (Å²) in [4.78, 5) is 0. The van der Waals surface area contributed by atoms with Crippen LogP contribution >= 0.6 is 0 Å². The lowest BCUT2D eigenvalue weighted by molar-refractivity contribution is -0.0472. The third-order valence-electron chi connectivity index (χ3n) is 2.70. The molecule has 0 spiro atoms. The summed E-state index contributed by atoms with van der Waals surface area (Å²) in [5.41, 5.74) is -0.649. The van der Waals surface area contributed by atoms with E-state index in [2.05, 4.69) is 0 Å². The van der Waals surface area contributed by atoms with E-state index in [1.807, 2.05) is 20.8 Å². The summed E-state index contributed by atoms with van der Waals surface area (Å²) in [6.45, 7) is 6.01. The first-order valence-corrected chi connectivity index (χ1v) is 4.47. The van der Waals surface area contributed by atoms with Gasteiger partial charge in [-0.25, -0.2) is 0 Å². The first-order valence-electron chi connectivity index (χ1n) is 4.47. The van der Waals surface area contributed by atoms with Gasteiger partial charge >= 0.3 is 0 Å². The summed E-state index contributed by atoms with van der Waals surface area (Å²) in [6, 6.07) is 0. The van der Waals surface area contributed by atoms with Crippen LogP contribution in [0.25, 0.3) is 0 Å². The summed E-state index contributed by atoms with van der Waals surface area (Å²) in [6.07, 6.45) is 2.29. The van der Waals surface area contributed by atoms with Crippen molar-refractivity contribution in [2.24, 2.45) is 5.92 Å². The van der Waals surface area contributed by atoms with E-state index in [1.165, 1.54) is 0 Å². The molecule has 0 fully saturated rings. The topological polar surface area (TPSA) is 40.5 Å². The van der Waals surface area contributed by atoms with E-state index in [0.717, 1.165) is 19.3 Å². The molecule has 0 saturated carbocycles. The summed E-state index contributed by atoms with van der Waals surface area (Å²) in [7, 11) is 0. The molecule has 0 amide bonds. The van der Waals surface area contributed by atoms with Crippen molar-refractivity contribution in [2.45, 2.75) is 45.6 Å². The standard InChI is InChI=1S/C9H20O2/c1-4-8(7-10)9(11,5-2)6-3/h8,10-11H,4-7H2,1-3H3. The lowest BCUT2D eigenvalue weighted by Crippen LogP contribution is -2.38. The van der Waals surface area contributed by atoms with Crippen molar-refractivity contribution < 1.29 is 10.2 Å². The average Bonchev–Trinajstić information content (AvgIpc) is 2.06. The Morgan fingerprint density at radius 1 is 1.18 bits per heavy atom. The zero-order valence-electron chi connectivity index (χ0n) is 7.80. The fraction of sp³-hybridized carbons (Fsp3) is 1.00. The number of aliphatic hydroxyl groups excluding tert-OH is 1. The largest absolute Gasteiger partial charge is 0.396 e. The van der Waals surface area contributed by atoms with Gasteiger partial charge in [0, 0.05) is 12.5 Å². The first-order chi connectivity index (χ1) is 5.14. The Hall–Kier alpha value is -0.0800. The smallest absolute Gasteiger partial charge is 0.0692 e. The second-order valence-electron chi connectivity index (χ2n) is 3.10. The van der Waals surface area contributed by atoms with Crippen LogP contribution in [-0.2, 0) is 0 Å². The Labute approximate surface area is 69.2 Å². The minimum atomic E-state index is -0.649. The fourth-order valence-electron chi connectivity index (χ4n) is 1.51. The minimum absolute atomic E-state index is 0.0394. The third-order valence-corrected chi connectivity index (χ3v) is 2.70. The second-order valence-corrected chi connectivity index (χ2v) is 3.10. The molecule has 0 saturated heterocycles. The minimum Gasteiger partial charge on any atom is -0.396 e. The first kappa shape index (κ1) is 10.9. The predicted octanol–water partition coefficient (Wildman–Crippen LogP) is 1.56. The Morgan fingerprint density at radius 3 is 1.73 bits per heavy atom. The van der Waals surface area contributed by atoms with Gasteiger partial charge in [0.05, 0.1) is 5.60 Å². The third kappa shape index (κ3) is 2.46. The van der Waals surface area contributed by atoms with E-state index in [1.54, 1.807) is 0 Å². The second kappa shape index (κ2) is 4.73. The van der Waals surface area contributed by atoms with Crippen LogP contribution in [0.2, 0.25) is 0 Å². The Bertz CT molecular complexity index is 93.7. The molecular formula is C9H20O2. The van der Waals surface area contributed by atoms with Crippen molar-refractivity contribution in [3.8, 4) is 0 Å². The number of hydrogen-bond donors (Lipinski definition) is 2. The normalized spacial score (nSPS) is 15.0. The maximum atomic E-state index is 9.93. The highest BCUT2D eigenvalue weighted by atomic mass is 16.3. The summed E-state index contributed by atoms with van der Waals surface area (Å²) >= 11 is 0. The number of rotatable bonds is 5. The summed E-state index contributed by atoms with van der Waals surface area (Å²) < 4.78 is 0. The monoisotopic (exact) mass is 160 g/mol. The van der Waals surface area contributed by atoms with Crippen LogP contribution in [0.4, 0.5) is 0 Å². The lowest BCUT2D eigenvalue weighted by Gasteiger charge is -2.32. The highest BCUT2D eigenvalue weighted by Crippen LogP contribution is 2.27. The van der Waals surface area contributed by atoms with E-state index in [-0.39, 0.29) is 12.5 Å². The molecular weight excluding hydrogens is 140 g/mol. The van der Waals surface area contributed by atoms with Gasteiger partial charge in [0.15, 0.2) is 0 Å². The molecule has 0 aliphatic rings. The molecule has 0 aromatic carbocycles. The van der Waals surface area contributed by atoms with Gasteiger partial charge in [0.2, 0.25) is 0 Å². The molecule has 68 valence electrons. The van der Waals surface area contributed by atoms with Crippen LogP contribution in [0.1, 0.15) is 40.0 Å². The molecule has 0 aromatic heterocycles. The van der Waals surface area contributed by atoms with E-state index in [9.17, 15) is 5.11 Å². The summed E-state index contributed by atoms with van der Waals surface area (Å²) in [5.74, 6) is 0.0394. The fourth-order valence-corrected chi connectivity index (χ4v) is 1.51. The van der Waals surface area contributed by atoms with Gasteiger partial charge < -0.3 is 10.2 Å². The molecule has 2 N–H and O–H groups in total. The van der Waals surface area contributed by atoms with Crippen molar-refractivity contribution in [3.05, 3.63) is 0 Å². The van der Waals surface area contributed by atoms with Crippen LogP contribution in [0, 0.1) is 5.92 Å². The molecule has 2 nitrogen and oxygen atoms in total. The lowest BCUT2D eigenvalue weighted by atomic mass is 9.82. The molecule has 0 aliphatic heterocycles. The van der Waals surface area contributed by atoms with Gasteiger partial charge in [-0.1, -0.05) is 20.8 Å². The highest BCUT2D eigenvalue weighted by molar-refractivity contribution is 4.82. The van der Waals surface area contributed by atoms with Crippen molar-refractivity contribution in [1.82, 2.24) is 0 Å². The highest BCUT2D eigenvalue weighted by Gasteiger charge is 2.30. The molecule has 0 rings (SSSR count). The zero-order chi connectivity index (χ0) is 8.91. The Balaban J connectivity index is 4.19. The Kier molecular flexibility index (Phi) is 4.69. The van der Waals surface area contributed by atoms with Gasteiger partial charge in [0.25, 0.3) is 0 Å². The molecule has 0 aromatic rings. The van der Waals surface area contributed by atoms with Gasteiger partial charge in [-0.05, 0) is 19.3 Å². The van der Waals surface area contributed by atoms with Crippen molar-refractivity contribution in [3.63, 3.8) is 0 Å². The van der Waals surface area contributed by atoms with Gasteiger partial charge in [-0.15, -0.1) is 0 Å². The molecule has 0 bridgehead atoms. The van der Waals surface area contributed by atoms with Crippen molar-refractivity contribution in [1.29, 1.82) is 0 Å². The van der Waals surface area contributed by atoms with Gasteiger partial charge in [-0.2, -0.15) is 0 Å². The summed E-state index contributed by atoms with van der Waals surface area (Å²) in [5, 5.41) is 18.9. The van der Waals surface area contributed by atoms with Gasteiger partial charge in [-0.3, -0.25) is 0 Å². The quantitative estimate of drug-likeness (QED) is 0.640. The number of hydrogen-bond acceptors (Lipinski definition) is 2. The van der Waals surface area contributed by atoms with Crippen LogP contribution in [0.5, 0.6) is 0 Å². The van der Waals surface area contributed by atoms with Crippen LogP contribution in [0.3, 0.4) is 0 Å². The predicted molar refractivity (Wildman–Crippen MR) is 46.4 cm³/mol. The maximum absolute atomic E-state index is 9.93. The molecule has 0 aliphatic carbocycles. The van der Waals surface area contributed by atoms with E-state index < -0.39 is 5.60 Å². The molecule has 2 heteroatoms. The molecule has 1 unspecified atom stereocenters. The van der Waals surface area contributed by atoms with Crippen molar-refractivity contribution >= 4 is 0 Å². The van der Waals surface area contributed by atoms with E-state index in [0.29, 0.717) is 0 Å². The van der Waals surface area contributed by atoms with Gasteiger partial charge in [0.1, 0.15) is 0 Å². The van der Waals surface area contributed by atoms with Crippen LogP contribution < -0.4 is 0 Å². The van der Waals surface area contributed by atoms with Crippen LogP contribution in [-0.4, -0.2) is 22.4 Å². The molecule has 0 radical (unpaired) electrons. The SMILES string of the molecule is CCC(CO)C(O)(CC)CC. The average molecular weight is 160 g/mol. The number of aliphatic hydroxyl groups is 2. The molecule has 11 heavy (non-hydrogen) atoms. The van der Waals surface area contributed by atoms with E-state index in [4.69, 9.17) is 5.11 Å². The maximum Gasteiger partial charge on any atom is 0.0692 e. The molecule has 0 heterocycles.